The third kappa shape index (κ3) is 3.78. The van der Waals surface area contributed by atoms with Crippen LogP contribution in [0.5, 0.6) is 0 Å². The number of ether oxygens (including phenoxy) is 1. The van der Waals surface area contributed by atoms with Crippen molar-refractivity contribution in [3.8, 4) is 11.5 Å². The number of aryl methyl sites for hydroxylation is 1. The number of aromatic nitrogens is 2. The molecule has 0 spiro atoms. The van der Waals surface area contributed by atoms with E-state index >= 15 is 0 Å². The summed E-state index contributed by atoms with van der Waals surface area (Å²) in [6.07, 6.45) is 0. The van der Waals surface area contributed by atoms with Gasteiger partial charge in [0.15, 0.2) is 5.76 Å². The highest BCUT2D eigenvalue weighted by molar-refractivity contribution is 5.79. The fourth-order valence-electron chi connectivity index (χ4n) is 2.02. The van der Waals surface area contributed by atoms with Crippen LogP contribution in [-0.4, -0.2) is 35.9 Å². The molecule has 8 heteroatoms. The lowest BCUT2D eigenvalue weighted by molar-refractivity contribution is -0.124. The Hall–Kier alpha value is -2.61. The minimum atomic E-state index is -0.808. The van der Waals surface area contributed by atoms with Gasteiger partial charge in [-0.05, 0) is 32.0 Å². The summed E-state index contributed by atoms with van der Waals surface area (Å²) in [5, 5.41) is 6.87. The van der Waals surface area contributed by atoms with Gasteiger partial charge in [0.05, 0.1) is 6.61 Å². The standard InChI is InChI=1S/C15H20N4O4/c1-9-4-5-13(23-9)12-8-11(16)15(21)19(18-12)10(2)14(20)17-6-7-22-3/h4-5,8,10H,6-7,16H2,1-3H3,(H,17,20)/t10-/m1/s1. The molecule has 0 fully saturated rings. The zero-order chi connectivity index (χ0) is 17.0. The summed E-state index contributed by atoms with van der Waals surface area (Å²) < 4.78 is 11.4. The van der Waals surface area contributed by atoms with Crippen molar-refractivity contribution in [2.45, 2.75) is 19.9 Å². The number of carbonyl (C=O) groups is 1. The molecule has 2 rings (SSSR count). The summed E-state index contributed by atoms with van der Waals surface area (Å²) in [5.74, 6) is 0.849. The average molecular weight is 320 g/mol. The third-order valence-electron chi connectivity index (χ3n) is 3.31. The predicted molar refractivity (Wildman–Crippen MR) is 84.9 cm³/mol. The van der Waals surface area contributed by atoms with Gasteiger partial charge in [-0.2, -0.15) is 5.10 Å². The van der Waals surface area contributed by atoms with E-state index in [1.165, 1.54) is 13.2 Å². The van der Waals surface area contributed by atoms with Crippen molar-refractivity contribution in [2.75, 3.05) is 26.0 Å². The summed E-state index contributed by atoms with van der Waals surface area (Å²) in [6.45, 7) is 4.11. The number of hydrogen-bond acceptors (Lipinski definition) is 6. The lowest BCUT2D eigenvalue weighted by Gasteiger charge is -2.15. The van der Waals surface area contributed by atoms with Crippen LogP contribution in [0.25, 0.3) is 11.5 Å². The molecule has 124 valence electrons. The molecule has 0 bridgehead atoms. The number of methoxy groups -OCH3 is 1. The van der Waals surface area contributed by atoms with Crippen LogP contribution in [0.4, 0.5) is 5.69 Å². The minimum absolute atomic E-state index is 0.000551. The number of nitrogens with two attached hydrogens (primary N) is 1. The monoisotopic (exact) mass is 320 g/mol. The molecule has 8 nitrogen and oxygen atoms in total. The minimum Gasteiger partial charge on any atom is -0.460 e. The van der Waals surface area contributed by atoms with Crippen molar-refractivity contribution in [1.29, 1.82) is 0 Å². The number of hydrogen-bond donors (Lipinski definition) is 2. The van der Waals surface area contributed by atoms with E-state index in [4.69, 9.17) is 14.9 Å². The largest absolute Gasteiger partial charge is 0.460 e. The first-order chi connectivity index (χ1) is 10.9. The first-order valence-electron chi connectivity index (χ1n) is 7.17. The summed E-state index contributed by atoms with van der Waals surface area (Å²) in [4.78, 5) is 24.3. The zero-order valence-electron chi connectivity index (χ0n) is 13.3. The quantitative estimate of drug-likeness (QED) is 0.758. The van der Waals surface area contributed by atoms with Crippen LogP contribution in [0.3, 0.4) is 0 Å². The molecule has 0 aromatic carbocycles. The van der Waals surface area contributed by atoms with Crippen LogP contribution in [0, 0.1) is 6.92 Å². The van der Waals surface area contributed by atoms with Crippen LogP contribution in [0.1, 0.15) is 18.7 Å². The molecular weight excluding hydrogens is 300 g/mol. The molecule has 2 heterocycles. The second kappa shape index (κ2) is 7.10. The van der Waals surface area contributed by atoms with Crippen molar-refractivity contribution in [3.05, 3.63) is 34.3 Å². The van der Waals surface area contributed by atoms with Crippen LogP contribution >= 0.6 is 0 Å². The maximum Gasteiger partial charge on any atom is 0.290 e. The molecule has 0 saturated heterocycles. The number of furan rings is 1. The highest BCUT2D eigenvalue weighted by Gasteiger charge is 2.20. The first-order valence-corrected chi connectivity index (χ1v) is 7.17. The van der Waals surface area contributed by atoms with E-state index in [1.807, 2.05) is 0 Å². The average Bonchev–Trinajstić information content (AvgIpc) is 2.96. The molecule has 2 aromatic heterocycles. The third-order valence-corrected chi connectivity index (χ3v) is 3.31. The molecular formula is C15H20N4O4. The number of nitrogens with one attached hydrogen (secondary N) is 1. The van der Waals surface area contributed by atoms with Gasteiger partial charge in [-0.3, -0.25) is 9.59 Å². The highest BCUT2D eigenvalue weighted by atomic mass is 16.5. The van der Waals surface area contributed by atoms with Gasteiger partial charge in [0.25, 0.3) is 5.56 Å². The van der Waals surface area contributed by atoms with Crippen molar-refractivity contribution in [3.63, 3.8) is 0 Å². The summed E-state index contributed by atoms with van der Waals surface area (Å²) in [5.41, 5.74) is 5.63. The van der Waals surface area contributed by atoms with Gasteiger partial charge >= 0.3 is 0 Å². The van der Waals surface area contributed by atoms with Gasteiger partial charge in [-0.25, -0.2) is 4.68 Å². The van der Waals surface area contributed by atoms with E-state index in [9.17, 15) is 9.59 Å². The van der Waals surface area contributed by atoms with E-state index in [0.717, 1.165) is 4.68 Å². The number of anilines is 1. The number of amides is 1. The van der Waals surface area contributed by atoms with Crippen molar-refractivity contribution in [2.24, 2.45) is 0 Å². The maximum absolute atomic E-state index is 12.2. The van der Waals surface area contributed by atoms with Crippen LogP contribution < -0.4 is 16.6 Å². The SMILES string of the molecule is COCCNC(=O)[C@@H](C)n1nc(-c2ccc(C)o2)cc(N)c1=O. The highest BCUT2D eigenvalue weighted by Crippen LogP contribution is 2.20. The second-order valence-corrected chi connectivity index (χ2v) is 5.10. The Bertz CT molecular complexity index is 750. The Labute approximate surface area is 133 Å². The fourth-order valence-corrected chi connectivity index (χ4v) is 2.02. The molecule has 1 atom stereocenters. The Balaban J connectivity index is 2.32. The van der Waals surface area contributed by atoms with Crippen LogP contribution in [-0.2, 0) is 9.53 Å². The van der Waals surface area contributed by atoms with E-state index in [0.29, 0.717) is 30.4 Å². The number of nitrogen functional groups attached to an aromatic ring is 1. The van der Waals surface area contributed by atoms with Gasteiger partial charge in [-0.15, -0.1) is 0 Å². The molecule has 0 aliphatic rings. The summed E-state index contributed by atoms with van der Waals surface area (Å²) in [7, 11) is 1.54. The predicted octanol–water partition coefficient (Wildman–Crippen LogP) is 0.718. The second-order valence-electron chi connectivity index (χ2n) is 5.10. The van der Waals surface area contributed by atoms with E-state index < -0.39 is 11.6 Å². The molecule has 0 aliphatic heterocycles. The van der Waals surface area contributed by atoms with Gasteiger partial charge in [0.1, 0.15) is 23.2 Å². The fraction of sp³-hybridized carbons (Fsp3) is 0.400. The van der Waals surface area contributed by atoms with Gasteiger partial charge in [-0.1, -0.05) is 0 Å². The summed E-state index contributed by atoms with van der Waals surface area (Å²) in [6, 6.07) is 4.14. The van der Waals surface area contributed by atoms with Gasteiger partial charge < -0.3 is 20.2 Å². The maximum atomic E-state index is 12.2. The smallest absolute Gasteiger partial charge is 0.290 e. The van der Waals surface area contributed by atoms with Crippen LogP contribution in [0.2, 0.25) is 0 Å². The molecule has 23 heavy (non-hydrogen) atoms. The zero-order valence-corrected chi connectivity index (χ0v) is 13.3. The Morgan fingerprint density at radius 1 is 1.52 bits per heavy atom. The normalized spacial score (nSPS) is 12.1. The topological polar surface area (TPSA) is 112 Å². The molecule has 0 aliphatic carbocycles. The lowest BCUT2D eigenvalue weighted by Crippen LogP contribution is -2.39. The van der Waals surface area contributed by atoms with Gasteiger partial charge in [0.2, 0.25) is 5.91 Å². The number of nitrogens with zero attached hydrogens (tertiary/aromatic N) is 2. The van der Waals surface area contributed by atoms with Crippen molar-refractivity contribution < 1.29 is 13.9 Å². The lowest BCUT2D eigenvalue weighted by atomic mass is 10.2. The van der Waals surface area contributed by atoms with Crippen molar-refractivity contribution >= 4 is 11.6 Å². The Morgan fingerprint density at radius 3 is 2.87 bits per heavy atom. The molecule has 0 unspecified atom stereocenters. The number of carbonyl (C=O) groups excluding carboxylic acids is 1. The molecule has 0 saturated carbocycles. The van der Waals surface area contributed by atoms with Crippen molar-refractivity contribution in [1.82, 2.24) is 15.1 Å². The number of rotatable bonds is 6. The molecule has 0 radical (unpaired) electrons. The van der Waals surface area contributed by atoms with Gasteiger partial charge in [0, 0.05) is 13.7 Å². The van der Waals surface area contributed by atoms with E-state index in [1.54, 1.807) is 26.0 Å². The molecule has 3 N–H and O–H groups in total. The van der Waals surface area contributed by atoms with Crippen LogP contribution in [0.15, 0.2) is 27.4 Å². The Morgan fingerprint density at radius 2 is 2.26 bits per heavy atom. The first kappa shape index (κ1) is 16.8. The van der Waals surface area contributed by atoms with E-state index in [-0.39, 0.29) is 11.6 Å². The summed E-state index contributed by atoms with van der Waals surface area (Å²) >= 11 is 0. The molecule has 1 amide bonds. The van der Waals surface area contributed by atoms with E-state index in [2.05, 4.69) is 10.4 Å². The molecule has 2 aromatic rings. The Kier molecular flexibility index (Phi) is 5.17.